The molecule has 2 aromatic carbocycles. The molecule has 106 valence electrons. The van der Waals surface area contributed by atoms with Crippen LogP contribution in [0.4, 0.5) is 0 Å². The fraction of sp³-hybridized carbons (Fsp3) is 0.125. The Kier molecular flexibility index (Phi) is 3.55. The van der Waals surface area contributed by atoms with E-state index < -0.39 is 0 Å². The van der Waals surface area contributed by atoms with Crippen molar-refractivity contribution in [2.24, 2.45) is 0 Å². The number of fused-ring (bicyclic) bond motifs is 1. The van der Waals surface area contributed by atoms with E-state index in [-0.39, 0.29) is 5.91 Å². The van der Waals surface area contributed by atoms with Gasteiger partial charge in [0.1, 0.15) is 11.3 Å². The lowest BCUT2D eigenvalue weighted by Crippen LogP contribution is -2.22. The Hall–Kier alpha value is -2.82. The zero-order valence-corrected chi connectivity index (χ0v) is 11.5. The second kappa shape index (κ2) is 5.66. The third kappa shape index (κ3) is 2.86. The minimum atomic E-state index is -0.149. The van der Waals surface area contributed by atoms with Crippen LogP contribution in [-0.2, 0) is 6.54 Å². The molecule has 3 rings (SSSR count). The summed E-state index contributed by atoms with van der Waals surface area (Å²) in [4.78, 5) is 16.1. The molecule has 3 aromatic rings. The Bertz CT molecular complexity index is 763. The maximum absolute atomic E-state index is 12.1. The first-order valence-corrected chi connectivity index (χ1v) is 6.50. The zero-order chi connectivity index (χ0) is 14.7. The maximum atomic E-state index is 12.1. The molecule has 1 aromatic heterocycles. The first kappa shape index (κ1) is 13.2. The van der Waals surface area contributed by atoms with Crippen LogP contribution in [0, 0.1) is 0 Å². The van der Waals surface area contributed by atoms with Gasteiger partial charge < -0.3 is 14.5 Å². The van der Waals surface area contributed by atoms with E-state index in [0.29, 0.717) is 17.7 Å². The van der Waals surface area contributed by atoms with E-state index in [4.69, 9.17) is 9.15 Å². The largest absolute Gasteiger partial charge is 0.497 e. The van der Waals surface area contributed by atoms with Gasteiger partial charge in [-0.2, -0.15) is 0 Å². The van der Waals surface area contributed by atoms with Crippen molar-refractivity contribution < 1.29 is 13.9 Å². The van der Waals surface area contributed by atoms with Gasteiger partial charge in [-0.15, -0.1) is 0 Å². The van der Waals surface area contributed by atoms with Crippen LogP contribution in [0.3, 0.4) is 0 Å². The lowest BCUT2D eigenvalue weighted by Gasteiger charge is -2.06. The number of nitrogens with one attached hydrogen (secondary N) is 1. The minimum absolute atomic E-state index is 0.149. The summed E-state index contributed by atoms with van der Waals surface area (Å²) in [6.07, 6.45) is 1.36. The van der Waals surface area contributed by atoms with Crippen molar-refractivity contribution in [1.82, 2.24) is 10.3 Å². The predicted octanol–water partition coefficient (Wildman–Crippen LogP) is 2.77. The second-order valence-electron chi connectivity index (χ2n) is 4.57. The van der Waals surface area contributed by atoms with Gasteiger partial charge in [0, 0.05) is 12.1 Å². The number of oxazole rings is 1. The monoisotopic (exact) mass is 282 g/mol. The van der Waals surface area contributed by atoms with Crippen LogP contribution >= 0.6 is 0 Å². The van der Waals surface area contributed by atoms with E-state index in [9.17, 15) is 4.79 Å². The highest BCUT2D eigenvalue weighted by Crippen LogP contribution is 2.15. The first-order valence-electron chi connectivity index (χ1n) is 6.50. The molecule has 0 bridgehead atoms. The molecular formula is C16H14N2O3. The summed E-state index contributed by atoms with van der Waals surface area (Å²) in [5.41, 5.74) is 2.89. The minimum Gasteiger partial charge on any atom is -0.497 e. The van der Waals surface area contributed by atoms with Crippen LogP contribution in [0.1, 0.15) is 15.9 Å². The van der Waals surface area contributed by atoms with Crippen LogP contribution in [0.5, 0.6) is 5.75 Å². The summed E-state index contributed by atoms with van der Waals surface area (Å²) in [5.74, 6) is 0.643. The third-order valence-corrected chi connectivity index (χ3v) is 3.21. The number of amides is 1. The van der Waals surface area contributed by atoms with Gasteiger partial charge in [0.25, 0.3) is 5.91 Å². The van der Waals surface area contributed by atoms with Crippen LogP contribution in [0.15, 0.2) is 53.3 Å². The number of rotatable bonds is 4. The molecule has 0 aliphatic carbocycles. The average Bonchev–Trinajstić information content (AvgIpc) is 3.00. The highest BCUT2D eigenvalue weighted by atomic mass is 16.5. The second-order valence-corrected chi connectivity index (χ2v) is 4.57. The smallest absolute Gasteiger partial charge is 0.251 e. The van der Waals surface area contributed by atoms with E-state index >= 15 is 0 Å². The van der Waals surface area contributed by atoms with E-state index in [1.54, 1.807) is 25.3 Å². The van der Waals surface area contributed by atoms with Gasteiger partial charge >= 0.3 is 0 Å². The van der Waals surface area contributed by atoms with Gasteiger partial charge in [0.2, 0.25) is 0 Å². The number of aromatic nitrogens is 1. The van der Waals surface area contributed by atoms with Gasteiger partial charge in [-0.1, -0.05) is 12.1 Å². The number of methoxy groups -OCH3 is 1. The predicted molar refractivity (Wildman–Crippen MR) is 78.2 cm³/mol. The molecule has 0 spiro atoms. The SMILES string of the molecule is COc1ccc(CNC(=O)c2ccc3ncoc3c2)cc1. The number of hydrogen-bond donors (Lipinski definition) is 1. The van der Waals surface area contributed by atoms with E-state index in [2.05, 4.69) is 10.3 Å². The van der Waals surface area contributed by atoms with Gasteiger partial charge in [-0.25, -0.2) is 4.98 Å². The summed E-state index contributed by atoms with van der Waals surface area (Å²) >= 11 is 0. The van der Waals surface area contributed by atoms with Crippen LogP contribution in [0.25, 0.3) is 11.1 Å². The Balaban J connectivity index is 1.67. The van der Waals surface area contributed by atoms with Crippen LogP contribution in [-0.4, -0.2) is 18.0 Å². The molecule has 0 fully saturated rings. The van der Waals surface area contributed by atoms with E-state index in [0.717, 1.165) is 16.8 Å². The Morgan fingerprint density at radius 3 is 2.81 bits per heavy atom. The molecule has 21 heavy (non-hydrogen) atoms. The highest BCUT2D eigenvalue weighted by Gasteiger charge is 2.08. The zero-order valence-electron chi connectivity index (χ0n) is 11.5. The lowest BCUT2D eigenvalue weighted by molar-refractivity contribution is 0.0951. The summed E-state index contributed by atoms with van der Waals surface area (Å²) in [6.45, 7) is 0.456. The fourth-order valence-electron chi connectivity index (χ4n) is 2.02. The van der Waals surface area contributed by atoms with Crippen molar-refractivity contribution in [2.45, 2.75) is 6.54 Å². The number of carbonyl (C=O) groups is 1. The molecule has 5 nitrogen and oxygen atoms in total. The number of benzene rings is 2. The lowest BCUT2D eigenvalue weighted by atomic mass is 10.1. The molecule has 0 unspecified atom stereocenters. The summed E-state index contributed by atoms with van der Waals surface area (Å²) < 4.78 is 10.3. The molecule has 0 saturated carbocycles. The van der Waals surface area contributed by atoms with Crippen molar-refractivity contribution in [1.29, 1.82) is 0 Å². The van der Waals surface area contributed by atoms with Crippen LogP contribution in [0.2, 0.25) is 0 Å². The average molecular weight is 282 g/mol. The van der Waals surface area contributed by atoms with Crippen molar-refractivity contribution >= 4 is 17.0 Å². The molecule has 0 saturated heterocycles. The molecule has 0 radical (unpaired) electrons. The molecule has 0 atom stereocenters. The van der Waals surface area contributed by atoms with Crippen molar-refractivity contribution in [3.8, 4) is 5.75 Å². The maximum Gasteiger partial charge on any atom is 0.251 e. The van der Waals surface area contributed by atoms with E-state index in [1.165, 1.54) is 6.39 Å². The summed E-state index contributed by atoms with van der Waals surface area (Å²) in [6, 6.07) is 12.7. The molecule has 0 aliphatic rings. The van der Waals surface area contributed by atoms with Crippen molar-refractivity contribution in [3.63, 3.8) is 0 Å². The van der Waals surface area contributed by atoms with Gasteiger partial charge in [-0.05, 0) is 35.9 Å². The Morgan fingerprint density at radius 1 is 1.24 bits per heavy atom. The molecule has 1 heterocycles. The van der Waals surface area contributed by atoms with Gasteiger partial charge in [0.05, 0.1) is 7.11 Å². The molecule has 1 amide bonds. The number of hydrogen-bond acceptors (Lipinski definition) is 4. The number of nitrogens with zero attached hydrogens (tertiary/aromatic N) is 1. The molecule has 0 aliphatic heterocycles. The summed E-state index contributed by atoms with van der Waals surface area (Å²) in [7, 11) is 1.62. The number of ether oxygens (including phenoxy) is 1. The summed E-state index contributed by atoms with van der Waals surface area (Å²) in [5, 5.41) is 2.87. The Morgan fingerprint density at radius 2 is 2.05 bits per heavy atom. The third-order valence-electron chi connectivity index (χ3n) is 3.21. The van der Waals surface area contributed by atoms with Gasteiger partial charge in [0.15, 0.2) is 12.0 Å². The standard InChI is InChI=1S/C16H14N2O3/c1-20-13-5-2-11(3-6-13)9-17-16(19)12-4-7-14-15(8-12)21-10-18-14/h2-8,10H,9H2,1H3,(H,17,19). The molecular weight excluding hydrogens is 268 g/mol. The topological polar surface area (TPSA) is 64.4 Å². The molecule has 5 heteroatoms. The van der Waals surface area contributed by atoms with Gasteiger partial charge in [-0.3, -0.25) is 4.79 Å². The first-order chi connectivity index (χ1) is 10.3. The fourth-order valence-corrected chi connectivity index (χ4v) is 2.02. The van der Waals surface area contributed by atoms with E-state index in [1.807, 2.05) is 24.3 Å². The molecule has 1 N–H and O–H groups in total. The Labute approximate surface area is 121 Å². The number of carbonyl (C=O) groups excluding carboxylic acids is 1. The van der Waals surface area contributed by atoms with Crippen molar-refractivity contribution in [2.75, 3.05) is 7.11 Å². The normalized spacial score (nSPS) is 10.5. The van der Waals surface area contributed by atoms with Crippen LogP contribution < -0.4 is 10.1 Å². The highest BCUT2D eigenvalue weighted by molar-refractivity contribution is 5.96. The van der Waals surface area contributed by atoms with Crippen molar-refractivity contribution in [3.05, 3.63) is 60.0 Å². The quantitative estimate of drug-likeness (QED) is 0.799.